The van der Waals surface area contributed by atoms with Crippen molar-refractivity contribution in [1.29, 1.82) is 0 Å². The van der Waals surface area contributed by atoms with Crippen LogP contribution in [0.2, 0.25) is 0 Å². The molecule has 108 valence electrons. The highest BCUT2D eigenvalue weighted by molar-refractivity contribution is 5.03. The van der Waals surface area contributed by atoms with Gasteiger partial charge in [0.1, 0.15) is 5.82 Å². The Hall–Kier alpha value is -1.04. The molecule has 2 rings (SSSR count). The molecule has 0 bridgehead atoms. The maximum Gasteiger partial charge on any atom is 0.392 e. The Bertz CT molecular complexity index is 414. The van der Waals surface area contributed by atoms with E-state index in [1.165, 1.54) is 0 Å². The maximum atomic E-state index is 13.1. The van der Waals surface area contributed by atoms with Crippen molar-refractivity contribution in [2.24, 2.45) is 17.6 Å². The Kier molecular flexibility index (Phi) is 4.18. The second-order valence-electron chi connectivity index (χ2n) is 5.19. The van der Waals surface area contributed by atoms with Crippen LogP contribution in [0.15, 0.2) is 12.4 Å². The van der Waals surface area contributed by atoms with Gasteiger partial charge in [-0.25, -0.2) is 4.98 Å². The van der Waals surface area contributed by atoms with Crippen LogP contribution in [0, 0.1) is 11.8 Å². The van der Waals surface area contributed by atoms with Gasteiger partial charge in [-0.1, -0.05) is 12.8 Å². The Morgan fingerprint density at radius 1 is 1.42 bits per heavy atom. The van der Waals surface area contributed by atoms with Crippen LogP contribution in [-0.2, 0) is 6.54 Å². The van der Waals surface area contributed by atoms with Crippen LogP contribution < -0.4 is 5.73 Å². The fourth-order valence-electron chi connectivity index (χ4n) is 3.07. The summed E-state index contributed by atoms with van der Waals surface area (Å²) in [5.74, 6) is -1.27. The average Bonchev–Trinajstić information content (AvgIpc) is 2.85. The average molecular weight is 275 g/mol. The fraction of sp³-hybridized carbons (Fsp3) is 0.769. The van der Waals surface area contributed by atoms with E-state index in [0.29, 0.717) is 25.2 Å². The first-order valence-corrected chi connectivity index (χ1v) is 6.78. The summed E-state index contributed by atoms with van der Waals surface area (Å²) in [5.41, 5.74) is 6.09. The van der Waals surface area contributed by atoms with Gasteiger partial charge in [0.15, 0.2) is 0 Å². The molecule has 1 aromatic rings. The summed E-state index contributed by atoms with van der Waals surface area (Å²) in [5, 5.41) is 0. The molecule has 0 radical (unpaired) electrons. The van der Waals surface area contributed by atoms with Crippen molar-refractivity contribution < 1.29 is 13.2 Å². The minimum atomic E-state index is -4.16. The van der Waals surface area contributed by atoms with E-state index in [9.17, 15) is 13.2 Å². The maximum absolute atomic E-state index is 13.1. The van der Waals surface area contributed by atoms with Crippen molar-refractivity contribution in [2.75, 3.05) is 0 Å². The van der Waals surface area contributed by atoms with Crippen molar-refractivity contribution in [3.63, 3.8) is 0 Å². The van der Waals surface area contributed by atoms with Gasteiger partial charge in [-0.3, -0.25) is 0 Å². The van der Waals surface area contributed by atoms with Gasteiger partial charge in [0.2, 0.25) is 0 Å². The van der Waals surface area contributed by atoms with Gasteiger partial charge < -0.3 is 10.3 Å². The molecule has 0 saturated heterocycles. The summed E-state index contributed by atoms with van der Waals surface area (Å²) in [4.78, 5) is 4.15. The van der Waals surface area contributed by atoms with E-state index in [-0.39, 0.29) is 6.42 Å². The number of hydrogen-bond acceptors (Lipinski definition) is 2. The quantitative estimate of drug-likeness (QED) is 0.920. The molecule has 0 spiro atoms. The number of aryl methyl sites for hydroxylation is 1. The SMILES string of the molecule is CCn1ccnc1C(N)C1CCCCC1C(F)(F)F. The summed E-state index contributed by atoms with van der Waals surface area (Å²) < 4.78 is 41.1. The van der Waals surface area contributed by atoms with Gasteiger partial charge in [-0.2, -0.15) is 13.2 Å². The summed E-state index contributed by atoms with van der Waals surface area (Å²) in [6, 6.07) is -0.637. The normalized spacial score (nSPS) is 26.4. The van der Waals surface area contributed by atoms with Crippen LogP contribution in [0.3, 0.4) is 0 Å². The summed E-state index contributed by atoms with van der Waals surface area (Å²) >= 11 is 0. The number of nitrogens with zero attached hydrogens (tertiary/aromatic N) is 2. The van der Waals surface area contributed by atoms with Gasteiger partial charge in [0.05, 0.1) is 12.0 Å². The lowest BCUT2D eigenvalue weighted by Crippen LogP contribution is -2.39. The van der Waals surface area contributed by atoms with E-state index in [2.05, 4.69) is 4.98 Å². The van der Waals surface area contributed by atoms with Crippen molar-refractivity contribution in [1.82, 2.24) is 9.55 Å². The third kappa shape index (κ3) is 2.94. The molecule has 19 heavy (non-hydrogen) atoms. The van der Waals surface area contributed by atoms with Crippen molar-refractivity contribution >= 4 is 0 Å². The zero-order chi connectivity index (χ0) is 14.0. The molecule has 3 nitrogen and oxygen atoms in total. The van der Waals surface area contributed by atoms with Crippen LogP contribution >= 0.6 is 0 Å². The minimum Gasteiger partial charge on any atom is -0.334 e. The van der Waals surface area contributed by atoms with E-state index in [1.807, 2.05) is 11.5 Å². The standard InChI is InChI=1S/C13H20F3N3/c1-2-19-8-7-18-12(19)11(17)9-5-3-4-6-10(9)13(14,15)16/h7-11H,2-6,17H2,1H3. The molecule has 1 aliphatic carbocycles. The van der Waals surface area contributed by atoms with Gasteiger partial charge in [-0.05, 0) is 25.7 Å². The van der Waals surface area contributed by atoms with Gasteiger partial charge >= 0.3 is 6.18 Å². The molecular weight excluding hydrogens is 255 g/mol. The Labute approximate surface area is 111 Å². The van der Waals surface area contributed by atoms with E-state index >= 15 is 0 Å². The lowest BCUT2D eigenvalue weighted by molar-refractivity contribution is -0.198. The molecule has 1 heterocycles. The smallest absolute Gasteiger partial charge is 0.334 e. The van der Waals surface area contributed by atoms with Crippen LogP contribution in [-0.4, -0.2) is 15.7 Å². The van der Waals surface area contributed by atoms with Crippen LogP contribution in [0.5, 0.6) is 0 Å². The van der Waals surface area contributed by atoms with Crippen LogP contribution in [0.1, 0.15) is 44.5 Å². The Morgan fingerprint density at radius 2 is 2.11 bits per heavy atom. The number of halogens is 3. The largest absolute Gasteiger partial charge is 0.392 e. The second-order valence-corrected chi connectivity index (χ2v) is 5.19. The molecule has 3 unspecified atom stereocenters. The minimum absolute atomic E-state index is 0.189. The number of rotatable bonds is 3. The number of imidazole rings is 1. The molecule has 0 aliphatic heterocycles. The molecule has 1 aromatic heterocycles. The predicted octanol–water partition coefficient (Wildman–Crippen LogP) is 3.27. The van der Waals surface area contributed by atoms with Gasteiger partial charge in [0, 0.05) is 18.9 Å². The van der Waals surface area contributed by atoms with Crippen LogP contribution in [0.25, 0.3) is 0 Å². The van der Waals surface area contributed by atoms with E-state index in [0.717, 1.165) is 6.42 Å². The molecule has 0 aromatic carbocycles. The molecule has 2 N–H and O–H groups in total. The summed E-state index contributed by atoms with van der Waals surface area (Å²) in [6.45, 7) is 2.60. The molecular formula is C13H20F3N3. The highest BCUT2D eigenvalue weighted by atomic mass is 19.4. The number of nitrogens with two attached hydrogens (primary N) is 1. The first kappa shape index (κ1) is 14.4. The number of hydrogen-bond donors (Lipinski definition) is 1. The number of aromatic nitrogens is 2. The van der Waals surface area contributed by atoms with E-state index in [4.69, 9.17) is 5.73 Å². The van der Waals surface area contributed by atoms with E-state index in [1.54, 1.807) is 12.4 Å². The van der Waals surface area contributed by atoms with Crippen molar-refractivity contribution in [2.45, 2.75) is 51.4 Å². The fourth-order valence-corrected chi connectivity index (χ4v) is 3.07. The molecule has 0 amide bonds. The van der Waals surface area contributed by atoms with Gasteiger partial charge in [-0.15, -0.1) is 0 Å². The second kappa shape index (κ2) is 5.53. The first-order chi connectivity index (χ1) is 8.95. The highest BCUT2D eigenvalue weighted by Gasteiger charge is 2.48. The predicted molar refractivity (Wildman–Crippen MR) is 66.3 cm³/mol. The molecule has 1 aliphatic rings. The number of alkyl halides is 3. The third-order valence-corrected chi connectivity index (χ3v) is 4.09. The zero-order valence-corrected chi connectivity index (χ0v) is 11.0. The molecule has 1 fully saturated rings. The Morgan fingerprint density at radius 3 is 2.74 bits per heavy atom. The van der Waals surface area contributed by atoms with E-state index < -0.39 is 24.1 Å². The topological polar surface area (TPSA) is 43.8 Å². The van der Waals surface area contributed by atoms with Crippen molar-refractivity contribution in [3.8, 4) is 0 Å². The lowest BCUT2D eigenvalue weighted by Gasteiger charge is -2.36. The molecule has 1 saturated carbocycles. The zero-order valence-electron chi connectivity index (χ0n) is 11.0. The third-order valence-electron chi connectivity index (χ3n) is 4.09. The molecule has 3 atom stereocenters. The monoisotopic (exact) mass is 275 g/mol. The molecule has 6 heteroatoms. The van der Waals surface area contributed by atoms with Crippen LogP contribution in [0.4, 0.5) is 13.2 Å². The first-order valence-electron chi connectivity index (χ1n) is 6.78. The highest BCUT2D eigenvalue weighted by Crippen LogP contribution is 2.45. The lowest BCUT2D eigenvalue weighted by atomic mass is 9.74. The van der Waals surface area contributed by atoms with Crippen molar-refractivity contribution in [3.05, 3.63) is 18.2 Å². The Balaban J connectivity index is 2.22. The summed E-state index contributed by atoms with van der Waals surface area (Å²) in [7, 11) is 0. The van der Waals surface area contributed by atoms with Gasteiger partial charge in [0.25, 0.3) is 0 Å². The summed E-state index contributed by atoms with van der Waals surface area (Å²) in [6.07, 6.45) is 1.38.